The van der Waals surface area contributed by atoms with Gasteiger partial charge in [-0.1, -0.05) is 43.3 Å². The van der Waals surface area contributed by atoms with Crippen molar-refractivity contribution in [1.29, 1.82) is 0 Å². The van der Waals surface area contributed by atoms with Crippen LogP contribution in [-0.4, -0.2) is 6.61 Å². The Bertz CT molecular complexity index is 551. The number of benzene rings is 2. The molecule has 0 saturated carbocycles. The minimum Gasteiger partial charge on any atom is -0.494 e. The molecule has 2 aromatic rings. The number of aryl methyl sites for hydroxylation is 1. The second kappa shape index (κ2) is 7.81. The van der Waals surface area contributed by atoms with Gasteiger partial charge in [-0.05, 0) is 48.6 Å². The van der Waals surface area contributed by atoms with Crippen molar-refractivity contribution in [2.24, 2.45) is 5.84 Å². The number of nitrogens with one attached hydrogen (secondary N) is 1. The standard InChI is InChI=1S/C18H24N2O/c1-3-12-21-17-10-8-15(9-11-17)18(20-19)13-16-7-5-4-6-14(16)2/h4-11,18,20H,3,12-13,19H2,1-2H3. The van der Waals surface area contributed by atoms with E-state index in [2.05, 4.69) is 55.7 Å². The number of ether oxygens (including phenoxy) is 1. The van der Waals surface area contributed by atoms with Crippen molar-refractivity contribution in [1.82, 2.24) is 5.43 Å². The number of hydrogen-bond acceptors (Lipinski definition) is 3. The average molecular weight is 284 g/mol. The molecule has 2 rings (SSSR count). The number of rotatable bonds is 7. The van der Waals surface area contributed by atoms with Crippen molar-refractivity contribution in [2.75, 3.05) is 6.61 Å². The average Bonchev–Trinajstić information content (AvgIpc) is 2.53. The monoisotopic (exact) mass is 284 g/mol. The molecule has 0 spiro atoms. The van der Waals surface area contributed by atoms with Gasteiger partial charge in [-0.25, -0.2) is 0 Å². The molecule has 1 atom stereocenters. The molecule has 21 heavy (non-hydrogen) atoms. The molecule has 3 nitrogen and oxygen atoms in total. The minimum absolute atomic E-state index is 0.103. The highest BCUT2D eigenvalue weighted by Gasteiger charge is 2.11. The van der Waals surface area contributed by atoms with Crippen LogP contribution >= 0.6 is 0 Å². The van der Waals surface area contributed by atoms with Gasteiger partial charge in [-0.2, -0.15) is 0 Å². The Morgan fingerprint density at radius 1 is 1.10 bits per heavy atom. The van der Waals surface area contributed by atoms with Gasteiger partial charge in [0, 0.05) is 6.04 Å². The normalized spacial score (nSPS) is 12.1. The second-order valence-electron chi connectivity index (χ2n) is 5.27. The van der Waals surface area contributed by atoms with Gasteiger partial charge in [-0.15, -0.1) is 0 Å². The van der Waals surface area contributed by atoms with Gasteiger partial charge >= 0.3 is 0 Å². The van der Waals surface area contributed by atoms with E-state index in [-0.39, 0.29) is 6.04 Å². The summed E-state index contributed by atoms with van der Waals surface area (Å²) >= 11 is 0. The van der Waals surface area contributed by atoms with Crippen molar-refractivity contribution >= 4 is 0 Å². The van der Waals surface area contributed by atoms with Gasteiger partial charge in [0.2, 0.25) is 0 Å². The summed E-state index contributed by atoms with van der Waals surface area (Å²) in [5.41, 5.74) is 6.69. The highest BCUT2D eigenvalue weighted by atomic mass is 16.5. The zero-order valence-corrected chi connectivity index (χ0v) is 12.8. The third-order valence-electron chi connectivity index (χ3n) is 3.64. The quantitative estimate of drug-likeness (QED) is 0.604. The Hall–Kier alpha value is -1.84. The third kappa shape index (κ3) is 4.31. The van der Waals surface area contributed by atoms with E-state index in [1.165, 1.54) is 16.7 Å². The van der Waals surface area contributed by atoms with E-state index in [9.17, 15) is 0 Å². The Morgan fingerprint density at radius 3 is 2.43 bits per heavy atom. The Labute approximate surface area is 127 Å². The lowest BCUT2D eigenvalue weighted by atomic mass is 9.96. The van der Waals surface area contributed by atoms with E-state index in [1.54, 1.807) is 0 Å². The van der Waals surface area contributed by atoms with Crippen LogP contribution in [0.5, 0.6) is 5.75 Å². The maximum atomic E-state index is 5.74. The summed E-state index contributed by atoms with van der Waals surface area (Å²) in [4.78, 5) is 0. The van der Waals surface area contributed by atoms with Gasteiger partial charge in [0.1, 0.15) is 5.75 Å². The fourth-order valence-corrected chi connectivity index (χ4v) is 2.35. The molecule has 0 saturated heterocycles. The van der Waals surface area contributed by atoms with Gasteiger partial charge in [0.15, 0.2) is 0 Å². The zero-order chi connectivity index (χ0) is 15.1. The molecule has 0 fully saturated rings. The summed E-state index contributed by atoms with van der Waals surface area (Å²) < 4.78 is 5.61. The lowest BCUT2D eigenvalue weighted by Crippen LogP contribution is -2.29. The van der Waals surface area contributed by atoms with Crippen LogP contribution in [0.25, 0.3) is 0 Å². The van der Waals surface area contributed by atoms with E-state index in [1.807, 2.05) is 12.1 Å². The molecule has 2 aromatic carbocycles. The van der Waals surface area contributed by atoms with Crippen molar-refractivity contribution in [2.45, 2.75) is 32.7 Å². The Balaban J connectivity index is 2.08. The van der Waals surface area contributed by atoms with E-state index < -0.39 is 0 Å². The smallest absolute Gasteiger partial charge is 0.119 e. The molecule has 0 aromatic heterocycles. The second-order valence-corrected chi connectivity index (χ2v) is 5.27. The first kappa shape index (κ1) is 15.5. The first-order valence-electron chi connectivity index (χ1n) is 7.48. The van der Waals surface area contributed by atoms with Gasteiger partial charge in [-0.3, -0.25) is 11.3 Å². The highest BCUT2D eigenvalue weighted by Crippen LogP contribution is 2.22. The first-order chi connectivity index (χ1) is 10.2. The van der Waals surface area contributed by atoms with Crippen LogP contribution in [-0.2, 0) is 6.42 Å². The number of hydrogen-bond donors (Lipinski definition) is 2. The molecule has 3 heteroatoms. The van der Waals surface area contributed by atoms with E-state index in [4.69, 9.17) is 10.6 Å². The van der Waals surface area contributed by atoms with E-state index in [0.717, 1.165) is 25.2 Å². The van der Waals surface area contributed by atoms with Crippen molar-refractivity contribution in [3.8, 4) is 5.75 Å². The van der Waals surface area contributed by atoms with Crippen LogP contribution < -0.4 is 16.0 Å². The molecule has 0 heterocycles. The van der Waals surface area contributed by atoms with Crippen molar-refractivity contribution in [3.05, 3.63) is 65.2 Å². The molecule has 112 valence electrons. The lowest BCUT2D eigenvalue weighted by Gasteiger charge is -2.18. The molecular formula is C18H24N2O. The van der Waals surface area contributed by atoms with Crippen LogP contribution in [0, 0.1) is 6.92 Å². The van der Waals surface area contributed by atoms with Crippen LogP contribution in [0.15, 0.2) is 48.5 Å². The van der Waals surface area contributed by atoms with Crippen molar-refractivity contribution in [3.63, 3.8) is 0 Å². The maximum Gasteiger partial charge on any atom is 0.119 e. The van der Waals surface area contributed by atoms with Crippen LogP contribution in [0.4, 0.5) is 0 Å². The van der Waals surface area contributed by atoms with Crippen molar-refractivity contribution < 1.29 is 4.74 Å². The van der Waals surface area contributed by atoms with E-state index >= 15 is 0 Å². The highest BCUT2D eigenvalue weighted by molar-refractivity contribution is 5.32. The topological polar surface area (TPSA) is 47.3 Å². The molecule has 0 aliphatic heterocycles. The zero-order valence-electron chi connectivity index (χ0n) is 12.8. The molecule has 0 radical (unpaired) electrons. The van der Waals surface area contributed by atoms with Gasteiger partial charge in [0.05, 0.1) is 6.61 Å². The minimum atomic E-state index is 0.103. The Kier molecular flexibility index (Phi) is 5.78. The summed E-state index contributed by atoms with van der Waals surface area (Å²) in [5, 5.41) is 0. The summed E-state index contributed by atoms with van der Waals surface area (Å²) in [6.45, 7) is 4.98. The lowest BCUT2D eigenvalue weighted by molar-refractivity contribution is 0.317. The fourth-order valence-electron chi connectivity index (χ4n) is 2.35. The predicted octanol–water partition coefficient (Wildman–Crippen LogP) is 3.53. The Morgan fingerprint density at radius 2 is 1.81 bits per heavy atom. The molecule has 0 aliphatic rings. The number of nitrogens with two attached hydrogens (primary N) is 1. The SMILES string of the molecule is CCCOc1ccc(C(Cc2ccccc2C)NN)cc1. The van der Waals surface area contributed by atoms with Gasteiger partial charge in [0.25, 0.3) is 0 Å². The first-order valence-corrected chi connectivity index (χ1v) is 7.48. The van der Waals surface area contributed by atoms with Crippen LogP contribution in [0.2, 0.25) is 0 Å². The number of hydrazine groups is 1. The molecule has 0 aliphatic carbocycles. The summed E-state index contributed by atoms with van der Waals surface area (Å²) in [6.07, 6.45) is 1.89. The summed E-state index contributed by atoms with van der Waals surface area (Å²) in [5.74, 6) is 6.65. The van der Waals surface area contributed by atoms with Crippen LogP contribution in [0.3, 0.4) is 0 Å². The van der Waals surface area contributed by atoms with Crippen LogP contribution in [0.1, 0.15) is 36.1 Å². The van der Waals surface area contributed by atoms with E-state index in [0.29, 0.717) is 0 Å². The fraction of sp³-hybridized carbons (Fsp3) is 0.333. The summed E-state index contributed by atoms with van der Waals surface area (Å²) in [7, 11) is 0. The van der Waals surface area contributed by atoms with Gasteiger partial charge < -0.3 is 4.74 Å². The summed E-state index contributed by atoms with van der Waals surface area (Å²) in [6, 6.07) is 16.7. The molecule has 0 bridgehead atoms. The molecule has 3 N–H and O–H groups in total. The molecule has 0 amide bonds. The maximum absolute atomic E-state index is 5.74. The third-order valence-corrected chi connectivity index (χ3v) is 3.64. The predicted molar refractivity (Wildman–Crippen MR) is 87.2 cm³/mol. The largest absolute Gasteiger partial charge is 0.494 e. The molecule has 1 unspecified atom stereocenters. The molecular weight excluding hydrogens is 260 g/mol.